The normalized spacial score (nSPS) is 11.0. The minimum absolute atomic E-state index is 0.114. The molecular formula is C26H22N2O3S. The van der Waals surface area contributed by atoms with E-state index in [0.717, 1.165) is 16.7 Å². The molecule has 4 aromatic carbocycles. The van der Waals surface area contributed by atoms with Gasteiger partial charge in [-0.25, -0.2) is 8.42 Å². The fraction of sp³-hybridized carbons (Fsp3) is 0.0385. The molecular weight excluding hydrogens is 420 g/mol. The molecule has 6 heteroatoms. The van der Waals surface area contributed by atoms with Gasteiger partial charge < -0.3 is 5.32 Å². The molecule has 2 N–H and O–H groups in total. The predicted molar refractivity (Wildman–Crippen MR) is 128 cm³/mol. The molecule has 0 aliphatic carbocycles. The molecule has 0 heterocycles. The van der Waals surface area contributed by atoms with E-state index in [-0.39, 0.29) is 10.8 Å². The van der Waals surface area contributed by atoms with Crippen molar-refractivity contribution < 1.29 is 13.2 Å². The summed E-state index contributed by atoms with van der Waals surface area (Å²) in [6.45, 7) is 1.93. The van der Waals surface area contributed by atoms with Crippen molar-refractivity contribution in [3.63, 3.8) is 0 Å². The fourth-order valence-electron chi connectivity index (χ4n) is 3.20. The molecule has 5 nitrogen and oxygen atoms in total. The van der Waals surface area contributed by atoms with E-state index in [9.17, 15) is 13.2 Å². The van der Waals surface area contributed by atoms with E-state index in [1.165, 1.54) is 12.1 Å². The fourth-order valence-corrected chi connectivity index (χ4v) is 4.26. The Kier molecular flexibility index (Phi) is 6.05. The zero-order valence-corrected chi connectivity index (χ0v) is 18.3. The van der Waals surface area contributed by atoms with Gasteiger partial charge in [-0.3, -0.25) is 9.52 Å². The van der Waals surface area contributed by atoms with Crippen LogP contribution in [-0.4, -0.2) is 14.3 Å². The number of hydrogen-bond donors (Lipinski definition) is 2. The average Bonchev–Trinajstić information content (AvgIpc) is 2.81. The lowest BCUT2D eigenvalue weighted by atomic mass is 10.0. The smallest absolute Gasteiger partial charge is 0.261 e. The Bertz CT molecular complexity index is 1310. The van der Waals surface area contributed by atoms with Gasteiger partial charge in [-0.1, -0.05) is 60.2 Å². The van der Waals surface area contributed by atoms with E-state index < -0.39 is 10.0 Å². The van der Waals surface area contributed by atoms with Gasteiger partial charge in [-0.15, -0.1) is 0 Å². The first-order chi connectivity index (χ1) is 15.4. The molecule has 32 heavy (non-hydrogen) atoms. The predicted octanol–water partition coefficient (Wildman–Crippen LogP) is 5.72. The molecule has 0 saturated heterocycles. The molecule has 0 aliphatic rings. The monoisotopic (exact) mass is 442 g/mol. The summed E-state index contributed by atoms with van der Waals surface area (Å²) in [5, 5.41) is 2.80. The van der Waals surface area contributed by atoms with Crippen LogP contribution in [0.3, 0.4) is 0 Å². The summed E-state index contributed by atoms with van der Waals surface area (Å²) in [4.78, 5) is 12.7. The summed E-state index contributed by atoms with van der Waals surface area (Å²) >= 11 is 0. The number of carbonyl (C=O) groups is 1. The van der Waals surface area contributed by atoms with Gasteiger partial charge in [0.05, 0.1) is 4.90 Å². The largest absolute Gasteiger partial charge is 0.322 e. The van der Waals surface area contributed by atoms with E-state index in [1.54, 1.807) is 36.4 Å². The minimum atomic E-state index is -3.72. The van der Waals surface area contributed by atoms with Gasteiger partial charge in [0.1, 0.15) is 0 Å². The maximum Gasteiger partial charge on any atom is 0.261 e. The third kappa shape index (κ3) is 5.04. The zero-order chi connectivity index (χ0) is 22.6. The molecule has 4 rings (SSSR count). The van der Waals surface area contributed by atoms with Crippen molar-refractivity contribution in [1.29, 1.82) is 0 Å². The second kappa shape index (κ2) is 9.08. The third-order valence-electron chi connectivity index (χ3n) is 4.98. The van der Waals surface area contributed by atoms with Crippen LogP contribution in [0.15, 0.2) is 108 Å². The van der Waals surface area contributed by atoms with Crippen LogP contribution in [0, 0.1) is 6.92 Å². The number of nitrogens with one attached hydrogen (secondary N) is 2. The first-order valence-corrected chi connectivity index (χ1v) is 11.6. The molecule has 0 atom stereocenters. The van der Waals surface area contributed by atoms with Crippen molar-refractivity contribution in [3.8, 4) is 11.1 Å². The average molecular weight is 443 g/mol. The first kappa shape index (κ1) is 21.3. The highest BCUT2D eigenvalue weighted by Crippen LogP contribution is 2.21. The minimum Gasteiger partial charge on any atom is -0.322 e. The van der Waals surface area contributed by atoms with E-state index in [1.807, 2.05) is 61.5 Å². The van der Waals surface area contributed by atoms with Gasteiger partial charge in [-0.2, -0.15) is 0 Å². The number of anilines is 2. The van der Waals surface area contributed by atoms with Crippen LogP contribution >= 0.6 is 0 Å². The number of hydrogen-bond acceptors (Lipinski definition) is 3. The van der Waals surface area contributed by atoms with Gasteiger partial charge in [0.2, 0.25) is 0 Å². The maximum atomic E-state index is 12.6. The molecule has 0 spiro atoms. The van der Waals surface area contributed by atoms with Crippen molar-refractivity contribution >= 4 is 27.3 Å². The standard InChI is InChI=1S/C26H22N2O3S/c1-19-7-13-24(14-8-19)28-32(30,31)25-17-15-23(16-18-25)27-26(29)22-11-9-21(10-12-22)20-5-3-2-4-6-20/h2-18,28H,1H3,(H,27,29). The molecule has 0 saturated carbocycles. The molecule has 0 unspecified atom stereocenters. The van der Waals surface area contributed by atoms with Crippen LogP contribution in [0.5, 0.6) is 0 Å². The van der Waals surface area contributed by atoms with Crippen molar-refractivity contribution in [1.82, 2.24) is 0 Å². The number of benzene rings is 4. The van der Waals surface area contributed by atoms with Crippen LogP contribution in [0.25, 0.3) is 11.1 Å². The second-order valence-corrected chi connectivity index (χ2v) is 9.08. The molecule has 1 amide bonds. The Morgan fingerprint density at radius 2 is 1.22 bits per heavy atom. The summed E-state index contributed by atoms with van der Waals surface area (Å²) in [5.74, 6) is -0.266. The Labute approximate surface area is 187 Å². The Balaban J connectivity index is 1.43. The number of aryl methyl sites for hydroxylation is 1. The zero-order valence-electron chi connectivity index (χ0n) is 17.4. The van der Waals surface area contributed by atoms with Gasteiger partial charge in [-0.05, 0) is 66.6 Å². The quantitative estimate of drug-likeness (QED) is 0.401. The second-order valence-electron chi connectivity index (χ2n) is 7.39. The molecule has 4 aromatic rings. The van der Waals surface area contributed by atoms with Crippen molar-refractivity contribution in [3.05, 3.63) is 114 Å². The Hall–Kier alpha value is -3.90. The van der Waals surface area contributed by atoms with E-state index in [4.69, 9.17) is 0 Å². The maximum absolute atomic E-state index is 12.6. The molecule has 0 bridgehead atoms. The van der Waals surface area contributed by atoms with Crippen molar-refractivity contribution in [2.24, 2.45) is 0 Å². The van der Waals surface area contributed by atoms with Crippen LogP contribution in [0.4, 0.5) is 11.4 Å². The van der Waals surface area contributed by atoms with E-state index in [0.29, 0.717) is 16.9 Å². The van der Waals surface area contributed by atoms with Gasteiger partial charge >= 0.3 is 0 Å². The molecule has 0 radical (unpaired) electrons. The number of carbonyl (C=O) groups excluding carboxylic acids is 1. The van der Waals surface area contributed by atoms with Gasteiger partial charge in [0.25, 0.3) is 15.9 Å². The summed E-state index contributed by atoms with van der Waals surface area (Å²) in [5.41, 5.74) is 4.67. The van der Waals surface area contributed by atoms with Crippen LogP contribution in [-0.2, 0) is 10.0 Å². The number of amides is 1. The van der Waals surface area contributed by atoms with E-state index >= 15 is 0 Å². The lowest BCUT2D eigenvalue weighted by Crippen LogP contribution is -2.14. The van der Waals surface area contributed by atoms with Crippen molar-refractivity contribution in [2.75, 3.05) is 10.0 Å². The van der Waals surface area contributed by atoms with Crippen LogP contribution < -0.4 is 10.0 Å². The van der Waals surface area contributed by atoms with Gasteiger partial charge in [0, 0.05) is 16.9 Å². The SMILES string of the molecule is Cc1ccc(NS(=O)(=O)c2ccc(NC(=O)c3ccc(-c4ccccc4)cc3)cc2)cc1. The topological polar surface area (TPSA) is 75.3 Å². The lowest BCUT2D eigenvalue weighted by molar-refractivity contribution is 0.102. The summed E-state index contributed by atoms with van der Waals surface area (Å²) in [7, 11) is -3.72. The highest BCUT2D eigenvalue weighted by molar-refractivity contribution is 7.92. The Morgan fingerprint density at radius 3 is 1.84 bits per heavy atom. The third-order valence-corrected chi connectivity index (χ3v) is 6.38. The summed E-state index contributed by atoms with van der Waals surface area (Å²) < 4.78 is 27.7. The van der Waals surface area contributed by atoms with Crippen molar-refractivity contribution in [2.45, 2.75) is 11.8 Å². The highest BCUT2D eigenvalue weighted by atomic mass is 32.2. The summed E-state index contributed by atoms with van der Waals surface area (Å²) in [6, 6.07) is 30.4. The highest BCUT2D eigenvalue weighted by Gasteiger charge is 2.14. The lowest BCUT2D eigenvalue weighted by Gasteiger charge is -2.10. The van der Waals surface area contributed by atoms with Gasteiger partial charge in [0.15, 0.2) is 0 Å². The Morgan fingerprint density at radius 1 is 0.656 bits per heavy atom. The number of rotatable bonds is 6. The van der Waals surface area contributed by atoms with Crippen LogP contribution in [0.1, 0.15) is 15.9 Å². The first-order valence-electron chi connectivity index (χ1n) is 10.1. The molecule has 0 fully saturated rings. The summed E-state index contributed by atoms with van der Waals surface area (Å²) in [6.07, 6.45) is 0. The molecule has 160 valence electrons. The molecule has 0 aliphatic heterocycles. The van der Waals surface area contributed by atoms with Crippen LogP contribution in [0.2, 0.25) is 0 Å². The van der Waals surface area contributed by atoms with E-state index in [2.05, 4.69) is 10.0 Å². The number of sulfonamides is 1. The molecule has 0 aromatic heterocycles.